The van der Waals surface area contributed by atoms with E-state index in [2.05, 4.69) is 15.6 Å². The Labute approximate surface area is 181 Å². The SMILES string of the molecule is Cc1c(/C=C/c2[nH]c(=O)[nH]c(=O)c2[N+](=O)[O-])c2ccccc2n1Cc1ccccc1C#N. The van der Waals surface area contributed by atoms with Gasteiger partial charge in [-0.25, -0.2) is 4.79 Å². The molecule has 0 atom stereocenters. The van der Waals surface area contributed by atoms with Crippen LogP contribution in [-0.4, -0.2) is 19.5 Å². The summed E-state index contributed by atoms with van der Waals surface area (Å²) in [6, 6.07) is 17.2. The Kier molecular flexibility index (Phi) is 5.27. The summed E-state index contributed by atoms with van der Waals surface area (Å²) in [5.74, 6) is 0. The van der Waals surface area contributed by atoms with Crippen LogP contribution in [0.5, 0.6) is 0 Å². The number of nitrogens with zero attached hydrogens (tertiary/aromatic N) is 3. The number of rotatable bonds is 5. The van der Waals surface area contributed by atoms with Crippen LogP contribution in [0, 0.1) is 28.4 Å². The predicted octanol–water partition coefficient (Wildman–Crippen LogP) is 3.32. The molecule has 9 nitrogen and oxygen atoms in total. The highest BCUT2D eigenvalue weighted by atomic mass is 16.6. The van der Waals surface area contributed by atoms with E-state index in [-0.39, 0.29) is 5.69 Å². The van der Waals surface area contributed by atoms with Gasteiger partial charge in [0.25, 0.3) is 0 Å². The summed E-state index contributed by atoms with van der Waals surface area (Å²) >= 11 is 0. The van der Waals surface area contributed by atoms with Crippen molar-refractivity contribution in [2.45, 2.75) is 13.5 Å². The van der Waals surface area contributed by atoms with Gasteiger partial charge in [0.05, 0.1) is 16.6 Å². The van der Waals surface area contributed by atoms with Gasteiger partial charge in [-0.15, -0.1) is 0 Å². The topological polar surface area (TPSA) is 138 Å². The number of H-pyrrole nitrogens is 2. The third-order valence-corrected chi connectivity index (χ3v) is 5.29. The maximum atomic E-state index is 11.9. The van der Waals surface area contributed by atoms with E-state index in [1.54, 1.807) is 12.1 Å². The zero-order valence-corrected chi connectivity index (χ0v) is 17.0. The van der Waals surface area contributed by atoms with Crippen LogP contribution >= 0.6 is 0 Å². The molecular weight excluding hydrogens is 410 g/mol. The van der Waals surface area contributed by atoms with Gasteiger partial charge in [0, 0.05) is 28.7 Å². The van der Waals surface area contributed by atoms with E-state index in [1.165, 1.54) is 6.08 Å². The second-order valence-corrected chi connectivity index (χ2v) is 7.13. The van der Waals surface area contributed by atoms with Crippen molar-refractivity contribution in [1.82, 2.24) is 14.5 Å². The van der Waals surface area contributed by atoms with Crippen LogP contribution in [0.1, 0.15) is 28.1 Å². The van der Waals surface area contributed by atoms with Crippen LogP contribution in [0.3, 0.4) is 0 Å². The second kappa shape index (κ2) is 8.20. The van der Waals surface area contributed by atoms with Gasteiger partial charge in [-0.1, -0.05) is 42.5 Å². The number of nitriles is 1. The van der Waals surface area contributed by atoms with E-state index >= 15 is 0 Å². The molecule has 0 amide bonds. The van der Waals surface area contributed by atoms with E-state index in [9.17, 15) is 25.0 Å². The van der Waals surface area contributed by atoms with Gasteiger partial charge in [-0.2, -0.15) is 5.26 Å². The normalized spacial score (nSPS) is 11.1. The summed E-state index contributed by atoms with van der Waals surface area (Å²) in [4.78, 5) is 38.2. The smallest absolute Gasteiger partial charge is 0.340 e. The Hall–Kier alpha value is -4.71. The second-order valence-electron chi connectivity index (χ2n) is 7.13. The molecule has 2 N–H and O–H groups in total. The largest absolute Gasteiger partial charge is 0.357 e. The van der Waals surface area contributed by atoms with Gasteiger partial charge in [-0.3, -0.25) is 19.9 Å². The molecule has 0 aliphatic heterocycles. The van der Waals surface area contributed by atoms with Crippen molar-refractivity contribution >= 4 is 28.7 Å². The van der Waals surface area contributed by atoms with E-state index < -0.39 is 21.9 Å². The lowest BCUT2D eigenvalue weighted by Gasteiger charge is -2.10. The summed E-state index contributed by atoms with van der Waals surface area (Å²) < 4.78 is 2.06. The van der Waals surface area contributed by atoms with Crippen molar-refractivity contribution in [3.05, 3.63) is 108 Å². The van der Waals surface area contributed by atoms with Crippen molar-refractivity contribution in [1.29, 1.82) is 5.26 Å². The Balaban J connectivity index is 1.87. The van der Waals surface area contributed by atoms with Crippen LogP contribution < -0.4 is 11.2 Å². The van der Waals surface area contributed by atoms with E-state index in [0.717, 1.165) is 27.7 Å². The van der Waals surface area contributed by atoms with Gasteiger partial charge in [0.2, 0.25) is 0 Å². The van der Waals surface area contributed by atoms with Crippen molar-refractivity contribution in [2.24, 2.45) is 0 Å². The zero-order chi connectivity index (χ0) is 22.8. The van der Waals surface area contributed by atoms with Crippen molar-refractivity contribution in [2.75, 3.05) is 0 Å². The first-order valence-electron chi connectivity index (χ1n) is 9.65. The molecule has 0 saturated heterocycles. The molecule has 2 heterocycles. The fourth-order valence-electron chi connectivity index (χ4n) is 3.78. The number of fused-ring (bicyclic) bond motifs is 1. The summed E-state index contributed by atoms with van der Waals surface area (Å²) in [6.45, 7) is 2.37. The molecule has 0 saturated carbocycles. The molecule has 0 unspecified atom stereocenters. The van der Waals surface area contributed by atoms with Crippen molar-refractivity contribution in [3.8, 4) is 6.07 Å². The summed E-state index contributed by atoms with van der Waals surface area (Å²) in [6.07, 6.45) is 3.00. The number of hydrogen-bond acceptors (Lipinski definition) is 5. The van der Waals surface area contributed by atoms with Gasteiger partial charge >= 0.3 is 16.9 Å². The Morgan fingerprint density at radius 3 is 2.56 bits per heavy atom. The van der Waals surface area contributed by atoms with Gasteiger partial charge < -0.3 is 9.55 Å². The number of hydrogen-bond donors (Lipinski definition) is 2. The van der Waals surface area contributed by atoms with Crippen LogP contribution in [0.2, 0.25) is 0 Å². The molecule has 0 aliphatic rings. The minimum absolute atomic E-state index is 0.185. The number of nitrogens with one attached hydrogen (secondary N) is 2. The van der Waals surface area contributed by atoms with Crippen LogP contribution in [-0.2, 0) is 6.54 Å². The first-order chi connectivity index (χ1) is 15.4. The molecule has 4 rings (SSSR count). The summed E-state index contributed by atoms with van der Waals surface area (Å²) in [7, 11) is 0. The highest BCUT2D eigenvalue weighted by Crippen LogP contribution is 2.29. The Bertz CT molecular complexity index is 1550. The fraction of sp³-hybridized carbons (Fsp3) is 0.0870. The first kappa shape index (κ1) is 20.6. The minimum atomic E-state index is -1.06. The van der Waals surface area contributed by atoms with E-state index in [0.29, 0.717) is 12.1 Å². The fourth-order valence-corrected chi connectivity index (χ4v) is 3.78. The molecule has 0 spiro atoms. The first-order valence-corrected chi connectivity index (χ1v) is 9.65. The average Bonchev–Trinajstić information content (AvgIpc) is 3.03. The highest BCUT2D eigenvalue weighted by Gasteiger charge is 2.19. The molecule has 0 bridgehead atoms. The standard InChI is InChI=1S/C23H17N5O4/c1-14-17(10-11-19-21(28(31)32)22(29)26-23(30)25-19)18-8-4-5-9-20(18)27(14)13-16-7-3-2-6-15(16)12-24/h2-11H,13H2,1H3,(H2,25,26,29,30)/b11-10+. The predicted molar refractivity (Wildman–Crippen MR) is 120 cm³/mol. The zero-order valence-electron chi connectivity index (χ0n) is 17.0. The third-order valence-electron chi connectivity index (χ3n) is 5.29. The van der Waals surface area contributed by atoms with Crippen LogP contribution in [0.15, 0.2) is 58.1 Å². The molecule has 2 aromatic carbocycles. The van der Waals surface area contributed by atoms with E-state index in [1.807, 2.05) is 54.4 Å². The average molecular weight is 427 g/mol. The number of benzene rings is 2. The molecule has 158 valence electrons. The quantitative estimate of drug-likeness (QED) is 0.372. The molecule has 0 fully saturated rings. The maximum absolute atomic E-state index is 11.9. The van der Waals surface area contributed by atoms with Gasteiger partial charge in [-0.05, 0) is 30.7 Å². The molecule has 9 heteroatoms. The lowest BCUT2D eigenvalue weighted by atomic mass is 10.1. The van der Waals surface area contributed by atoms with Gasteiger partial charge in [0.15, 0.2) is 0 Å². The molecule has 0 aliphatic carbocycles. The summed E-state index contributed by atoms with van der Waals surface area (Å²) in [5.41, 5.74) is 1.21. The Morgan fingerprint density at radius 1 is 1.09 bits per heavy atom. The summed E-state index contributed by atoms with van der Waals surface area (Å²) in [5, 5.41) is 21.6. The highest BCUT2D eigenvalue weighted by molar-refractivity contribution is 5.94. The van der Waals surface area contributed by atoms with E-state index in [4.69, 9.17) is 0 Å². The number of aromatic nitrogens is 3. The molecule has 4 aromatic rings. The number of nitro groups is 1. The molecular formula is C23H17N5O4. The molecule has 0 radical (unpaired) electrons. The lowest BCUT2D eigenvalue weighted by molar-refractivity contribution is -0.386. The third kappa shape index (κ3) is 3.61. The minimum Gasteiger partial charge on any atom is -0.340 e. The van der Waals surface area contributed by atoms with Crippen molar-refractivity contribution < 1.29 is 4.92 Å². The molecule has 32 heavy (non-hydrogen) atoms. The lowest BCUT2D eigenvalue weighted by Crippen LogP contribution is -2.25. The maximum Gasteiger partial charge on any atom is 0.357 e. The van der Waals surface area contributed by atoms with Crippen molar-refractivity contribution in [3.63, 3.8) is 0 Å². The van der Waals surface area contributed by atoms with Gasteiger partial charge in [0.1, 0.15) is 5.69 Å². The van der Waals surface area contributed by atoms with Crippen LogP contribution in [0.4, 0.5) is 5.69 Å². The monoisotopic (exact) mass is 427 g/mol. The number of para-hydroxylation sites is 1. The van der Waals surface area contributed by atoms with Crippen LogP contribution in [0.25, 0.3) is 23.1 Å². The number of aromatic amines is 2. The Morgan fingerprint density at radius 2 is 1.81 bits per heavy atom. The molecule has 2 aromatic heterocycles.